The minimum atomic E-state index is -0.611. The predicted molar refractivity (Wildman–Crippen MR) is 96.9 cm³/mol. The van der Waals surface area contributed by atoms with Gasteiger partial charge in [-0.2, -0.15) is 0 Å². The maximum absolute atomic E-state index is 13.0. The predicted octanol–water partition coefficient (Wildman–Crippen LogP) is 4.45. The Kier molecular flexibility index (Phi) is 5.29. The molecular weight excluding hydrogens is 317 g/mol. The maximum Gasteiger partial charge on any atom is 0.261 e. The van der Waals surface area contributed by atoms with Crippen molar-refractivity contribution in [1.29, 1.82) is 0 Å². The lowest BCUT2D eigenvalue weighted by molar-refractivity contribution is -0.128. The van der Waals surface area contributed by atoms with Crippen molar-refractivity contribution in [2.24, 2.45) is 0 Å². The van der Waals surface area contributed by atoms with Crippen LogP contribution >= 0.6 is 0 Å². The highest BCUT2D eigenvalue weighted by molar-refractivity contribution is 5.86. The van der Waals surface area contributed by atoms with E-state index in [0.29, 0.717) is 18.7 Å². The molecule has 3 aromatic carbocycles. The van der Waals surface area contributed by atoms with E-state index in [9.17, 15) is 9.18 Å². The summed E-state index contributed by atoms with van der Waals surface area (Å²) in [5.41, 5.74) is 1.06. The molecule has 0 spiro atoms. The van der Waals surface area contributed by atoms with Gasteiger partial charge in [-0.05, 0) is 47.0 Å². The van der Waals surface area contributed by atoms with E-state index >= 15 is 0 Å². The molecule has 0 bridgehead atoms. The fourth-order valence-corrected chi connectivity index (χ4v) is 2.74. The molecule has 3 aromatic rings. The van der Waals surface area contributed by atoms with Gasteiger partial charge in [-0.15, -0.1) is 0 Å². The van der Waals surface area contributed by atoms with Gasteiger partial charge in [0.25, 0.3) is 5.91 Å². The van der Waals surface area contributed by atoms with Crippen LogP contribution in [0.25, 0.3) is 10.8 Å². The number of ether oxygens (including phenoxy) is 1. The van der Waals surface area contributed by atoms with Crippen LogP contribution in [0.15, 0.2) is 66.7 Å². The van der Waals surface area contributed by atoms with Crippen molar-refractivity contribution < 1.29 is 13.9 Å². The standard InChI is InChI=1S/C21H20FNO2/c1-2-20(25-18-12-10-17(22)11-13-18)21(24)23-14-16-8-5-7-15-6-3-4-9-19(15)16/h3-13,20H,2,14H2,1H3,(H,23,24). The summed E-state index contributed by atoms with van der Waals surface area (Å²) < 4.78 is 18.6. The Bertz CT molecular complexity index is 856. The van der Waals surface area contributed by atoms with Crippen LogP contribution in [0.5, 0.6) is 5.75 Å². The molecule has 128 valence electrons. The number of fused-ring (bicyclic) bond motifs is 1. The first-order valence-electron chi connectivity index (χ1n) is 8.34. The van der Waals surface area contributed by atoms with Crippen molar-refractivity contribution in [3.8, 4) is 5.75 Å². The summed E-state index contributed by atoms with van der Waals surface area (Å²) in [5.74, 6) is -0.0332. The Morgan fingerprint density at radius 2 is 1.76 bits per heavy atom. The van der Waals surface area contributed by atoms with Gasteiger partial charge in [-0.1, -0.05) is 49.4 Å². The number of hydrogen-bond acceptors (Lipinski definition) is 2. The number of benzene rings is 3. The lowest BCUT2D eigenvalue weighted by atomic mass is 10.0. The molecular formula is C21H20FNO2. The number of rotatable bonds is 6. The molecule has 1 N–H and O–H groups in total. The van der Waals surface area contributed by atoms with Crippen molar-refractivity contribution in [1.82, 2.24) is 5.32 Å². The molecule has 0 aliphatic carbocycles. The normalized spacial score (nSPS) is 11.9. The monoisotopic (exact) mass is 337 g/mol. The lowest BCUT2D eigenvalue weighted by Gasteiger charge is -2.17. The number of nitrogens with one attached hydrogen (secondary N) is 1. The summed E-state index contributed by atoms with van der Waals surface area (Å²) in [5, 5.41) is 5.20. The molecule has 0 saturated heterocycles. The van der Waals surface area contributed by atoms with Crippen LogP contribution in [0.4, 0.5) is 4.39 Å². The van der Waals surface area contributed by atoms with Crippen molar-refractivity contribution in [3.63, 3.8) is 0 Å². The van der Waals surface area contributed by atoms with Gasteiger partial charge in [0.05, 0.1) is 0 Å². The third-order valence-corrected chi connectivity index (χ3v) is 4.09. The lowest BCUT2D eigenvalue weighted by Crippen LogP contribution is -2.37. The molecule has 0 aliphatic heterocycles. The smallest absolute Gasteiger partial charge is 0.261 e. The van der Waals surface area contributed by atoms with Gasteiger partial charge in [-0.25, -0.2) is 4.39 Å². The number of carbonyl (C=O) groups is 1. The van der Waals surface area contributed by atoms with Crippen LogP contribution in [0, 0.1) is 5.82 Å². The minimum Gasteiger partial charge on any atom is -0.481 e. The fraction of sp³-hybridized carbons (Fsp3) is 0.190. The summed E-state index contributed by atoms with van der Waals surface area (Å²) in [4.78, 5) is 12.4. The molecule has 0 radical (unpaired) electrons. The van der Waals surface area contributed by atoms with Crippen LogP contribution in [0.3, 0.4) is 0 Å². The Morgan fingerprint density at radius 1 is 1.04 bits per heavy atom. The van der Waals surface area contributed by atoms with Gasteiger partial charge in [-0.3, -0.25) is 4.79 Å². The topological polar surface area (TPSA) is 38.3 Å². The van der Waals surface area contributed by atoms with Gasteiger partial charge < -0.3 is 10.1 Å². The zero-order chi connectivity index (χ0) is 17.6. The Morgan fingerprint density at radius 3 is 2.52 bits per heavy atom. The van der Waals surface area contributed by atoms with E-state index in [2.05, 4.69) is 5.32 Å². The van der Waals surface area contributed by atoms with Crippen LogP contribution in [-0.4, -0.2) is 12.0 Å². The third-order valence-electron chi connectivity index (χ3n) is 4.09. The molecule has 3 nitrogen and oxygen atoms in total. The molecule has 0 heterocycles. The average molecular weight is 337 g/mol. The summed E-state index contributed by atoms with van der Waals surface area (Å²) in [6.07, 6.45) is -0.0842. The molecule has 1 unspecified atom stereocenters. The number of amides is 1. The van der Waals surface area contributed by atoms with E-state index in [1.165, 1.54) is 24.3 Å². The quantitative estimate of drug-likeness (QED) is 0.721. The SMILES string of the molecule is CCC(Oc1ccc(F)cc1)C(=O)NCc1cccc2ccccc12. The van der Waals surface area contributed by atoms with Gasteiger partial charge >= 0.3 is 0 Å². The highest BCUT2D eigenvalue weighted by Crippen LogP contribution is 2.19. The molecule has 0 aromatic heterocycles. The maximum atomic E-state index is 13.0. The second-order valence-electron chi connectivity index (χ2n) is 5.82. The van der Waals surface area contributed by atoms with Gasteiger partial charge in [0.1, 0.15) is 11.6 Å². The summed E-state index contributed by atoms with van der Waals surface area (Å²) in [7, 11) is 0. The van der Waals surface area contributed by atoms with E-state index in [1.807, 2.05) is 49.4 Å². The fourth-order valence-electron chi connectivity index (χ4n) is 2.74. The summed E-state index contributed by atoms with van der Waals surface area (Å²) in [6, 6.07) is 19.8. The van der Waals surface area contributed by atoms with Gasteiger partial charge in [0.15, 0.2) is 6.10 Å². The van der Waals surface area contributed by atoms with Crippen molar-refractivity contribution in [2.75, 3.05) is 0 Å². The van der Waals surface area contributed by atoms with E-state index < -0.39 is 6.10 Å². The molecule has 1 amide bonds. The zero-order valence-corrected chi connectivity index (χ0v) is 14.0. The molecule has 0 aliphatic rings. The van der Waals surface area contributed by atoms with E-state index in [0.717, 1.165) is 16.3 Å². The molecule has 3 rings (SSSR count). The second-order valence-corrected chi connectivity index (χ2v) is 5.82. The summed E-state index contributed by atoms with van der Waals surface area (Å²) in [6.45, 7) is 2.31. The average Bonchev–Trinajstić information content (AvgIpc) is 2.65. The highest BCUT2D eigenvalue weighted by atomic mass is 19.1. The number of halogens is 1. The van der Waals surface area contributed by atoms with Crippen molar-refractivity contribution >= 4 is 16.7 Å². The molecule has 0 fully saturated rings. The number of hydrogen-bond donors (Lipinski definition) is 1. The Labute approximate surface area is 146 Å². The Balaban J connectivity index is 1.66. The van der Waals surface area contributed by atoms with Crippen molar-refractivity contribution in [2.45, 2.75) is 26.0 Å². The first-order chi connectivity index (χ1) is 12.2. The molecule has 4 heteroatoms. The zero-order valence-electron chi connectivity index (χ0n) is 14.0. The molecule has 25 heavy (non-hydrogen) atoms. The third kappa shape index (κ3) is 4.15. The first kappa shape index (κ1) is 17.0. The van der Waals surface area contributed by atoms with Crippen LogP contribution in [0.1, 0.15) is 18.9 Å². The number of carbonyl (C=O) groups excluding carboxylic acids is 1. The van der Waals surface area contributed by atoms with E-state index in [1.54, 1.807) is 0 Å². The van der Waals surface area contributed by atoms with Crippen LogP contribution in [0.2, 0.25) is 0 Å². The second kappa shape index (κ2) is 7.79. The Hall–Kier alpha value is -2.88. The largest absolute Gasteiger partial charge is 0.481 e. The summed E-state index contributed by atoms with van der Waals surface area (Å²) >= 11 is 0. The van der Waals surface area contributed by atoms with Gasteiger partial charge in [0, 0.05) is 6.54 Å². The highest BCUT2D eigenvalue weighted by Gasteiger charge is 2.18. The molecule has 0 saturated carbocycles. The van der Waals surface area contributed by atoms with E-state index in [-0.39, 0.29) is 11.7 Å². The molecule has 1 atom stereocenters. The van der Waals surface area contributed by atoms with Crippen LogP contribution in [-0.2, 0) is 11.3 Å². The minimum absolute atomic E-state index is 0.181. The van der Waals surface area contributed by atoms with Crippen molar-refractivity contribution in [3.05, 3.63) is 78.1 Å². The van der Waals surface area contributed by atoms with Crippen LogP contribution < -0.4 is 10.1 Å². The van der Waals surface area contributed by atoms with E-state index in [4.69, 9.17) is 4.74 Å². The van der Waals surface area contributed by atoms with Gasteiger partial charge in [0.2, 0.25) is 0 Å². The first-order valence-corrected chi connectivity index (χ1v) is 8.34.